The molecule has 0 aliphatic rings. The van der Waals surface area contributed by atoms with Gasteiger partial charge in [0.05, 0.1) is 28.4 Å². The van der Waals surface area contributed by atoms with Crippen molar-refractivity contribution in [1.29, 1.82) is 0 Å². The zero-order valence-corrected chi connectivity index (χ0v) is 25.9. The van der Waals surface area contributed by atoms with Crippen LogP contribution in [0.4, 0.5) is 0 Å². The Morgan fingerprint density at radius 3 is 1.93 bits per heavy atom. The lowest BCUT2D eigenvalue weighted by Crippen LogP contribution is -2.18. The van der Waals surface area contributed by atoms with Crippen molar-refractivity contribution in [3.8, 4) is 40.1 Å². The summed E-state index contributed by atoms with van der Waals surface area (Å²) in [7, 11) is 6.11. The molecule has 41 heavy (non-hydrogen) atoms. The maximum Gasteiger partial charge on any atom is 0.239 e. The molecule has 1 heterocycles. The Kier molecular flexibility index (Phi) is 9.64. The van der Waals surface area contributed by atoms with Gasteiger partial charge in [0.15, 0.2) is 17.3 Å². The number of allylic oxidation sites excluding steroid dienone is 5. The zero-order chi connectivity index (χ0) is 30.6. The summed E-state index contributed by atoms with van der Waals surface area (Å²) in [6.45, 7) is 16.1. The molecule has 0 bridgehead atoms. The molecule has 0 saturated carbocycles. The van der Waals surface area contributed by atoms with Gasteiger partial charge in [-0.15, -0.1) is 6.58 Å². The first-order valence-corrected chi connectivity index (χ1v) is 13.5. The van der Waals surface area contributed by atoms with E-state index in [4.69, 9.17) is 23.4 Å². The first-order valence-electron chi connectivity index (χ1n) is 13.5. The van der Waals surface area contributed by atoms with Gasteiger partial charge < -0.3 is 28.5 Å². The molecule has 7 heteroatoms. The zero-order valence-electron chi connectivity index (χ0n) is 25.9. The molecule has 3 aromatic rings. The second kappa shape index (κ2) is 12.6. The van der Waals surface area contributed by atoms with Crippen LogP contribution in [-0.4, -0.2) is 33.5 Å². The molecule has 220 valence electrons. The number of phenolic OH excluding ortho intramolecular Hbond substituents is 1. The SMILES string of the molecule is C=CC(C)(C)c1cc(OC)c(OC)c(CC=C(C)C)c1-c1oc2c(CC=C(C)C)c(OC)cc(O)c2c(=O)c1OC. The number of rotatable bonds is 11. The molecule has 7 nitrogen and oxygen atoms in total. The largest absolute Gasteiger partial charge is 0.507 e. The van der Waals surface area contributed by atoms with E-state index in [9.17, 15) is 9.90 Å². The first kappa shape index (κ1) is 31.4. The molecule has 1 aromatic heterocycles. The lowest BCUT2D eigenvalue weighted by Gasteiger charge is -2.28. The number of ether oxygens (including phenoxy) is 4. The summed E-state index contributed by atoms with van der Waals surface area (Å²) in [5.74, 6) is 1.42. The van der Waals surface area contributed by atoms with Crippen LogP contribution in [0.25, 0.3) is 22.3 Å². The van der Waals surface area contributed by atoms with E-state index in [1.54, 1.807) is 14.2 Å². The summed E-state index contributed by atoms with van der Waals surface area (Å²) in [6.07, 6.45) is 6.83. The molecule has 0 aliphatic carbocycles. The predicted molar refractivity (Wildman–Crippen MR) is 165 cm³/mol. The summed E-state index contributed by atoms with van der Waals surface area (Å²) in [5, 5.41) is 11.0. The molecule has 0 spiro atoms. The topological polar surface area (TPSA) is 87.4 Å². The van der Waals surface area contributed by atoms with Gasteiger partial charge in [0.25, 0.3) is 0 Å². The standard InChI is InChI=1S/C34H42O7/c1-12-34(6,7)23-17-26(38-9)30(39-10)22(16-14-20(4)5)27(23)32-33(40-11)29(36)28-24(35)18-25(37-8)21(31(28)41-32)15-13-19(2)3/h12-14,17-18,35H,1,15-16H2,2-11H3. The van der Waals surface area contributed by atoms with E-state index < -0.39 is 10.8 Å². The molecule has 0 unspecified atom stereocenters. The second-order valence-corrected chi connectivity index (χ2v) is 11.0. The van der Waals surface area contributed by atoms with Gasteiger partial charge in [-0.2, -0.15) is 0 Å². The van der Waals surface area contributed by atoms with Crippen molar-refractivity contribution < 1.29 is 28.5 Å². The average Bonchev–Trinajstić information content (AvgIpc) is 2.93. The number of fused-ring (bicyclic) bond motifs is 1. The highest BCUT2D eigenvalue weighted by atomic mass is 16.5. The Hall–Kier alpha value is -4.13. The maximum absolute atomic E-state index is 14.1. The quantitative estimate of drug-likeness (QED) is 0.240. The summed E-state index contributed by atoms with van der Waals surface area (Å²) >= 11 is 0. The number of hydrogen-bond donors (Lipinski definition) is 1. The highest BCUT2D eigenvalue weighted by Crippen LogP contribution is 2.49. The van der Waals surface area contributed by atoms with Gasteiger partial charge in [0.2, 0.25) is 11.2 Å². The number of aromatic hydroxyl groups is 1. The number of benzene rings is 2. The van der Waals surface area contributed by atoms with E-state index in [0.717, 1.165) is 22.3 Å². The van der Waals surface area contributed by atoms with Crippen LogP contribution in [0.5, 0.6) is 28.7 Å². The van der Waals surface area contributed by atoms with Crippen molar-refractivity contribution in [2.75, 3.05) is 28.4 Å². The third-order valence-electron chi connectivity index (χ3n) is 7.22. The number of phenols is 1. The van der Waals surface area contributed by atoms with Crippen molar-refractivity contribution in [3.63, 3.8) is 0 Å². The lowest BCUT2D eigenvalue weighted by atomic mass is 9.78. The number of methoxy groups -OCH3 is 4. The van der Waals surface area contributed by atoms with Crippen molar-refractivity contribution >= 4 is 11.0 Å². The van der Waals surface area contributed by atoms with Gasteiger partial charge in [0, 0.05) is 28.2 Å². The molecule has 1 N–H and O–H groups in total. The Morgan fingerprint density at radius 1 is 0.878 bits per heavy atom. The van der Waals surface area contributed by atoms with Crippen LogP contribution in [0.15, 0.2) is 57.3 Å². The van der Waals surface area contributed by atoms with Crippen molar-refractivity contribution in [2.24, 2.45) is 0 Å². The molecule has 0 fully saturated rings. The van der Waals surface area contributed by atoms with E-state index in [1.807, 2.05) is 59.8 Å². The maximum atomic E-state index is 14.1. The summed E-state index contributed by atoms with van der Waals surface area (Å²) < 4.78 is 29.7. The van der Waals surface area contributed by atoms with Crippen molar-refractivity contribution in [2.45, 2.75) is 59.8 Å². The minimum Gasteiger partial charge on any atom is -0.507 e. The third-order valence-corrected chi connectivity index (χ3v) is 7.22. The molecule has 0 radical (unpaired) electrons. The van der Waals surface area contributed by atoms with Crippen molar-refractivity contribution in [1.82, 2.24) is 0 Å². The van der Waals surface area contributed by atoms with E-state index >= 15 is 0 Å². The third kappa shape index (κ3) is 5.99. The second-order valence-electron chi connectivity index (χ2n) is 11.0. The molecule has 0 amide bonds. The monoisotopic (exact) mass is 562 g/mol. The predicted octanol–water partition coefficient (Wildman–Crippen LogP) is 7.68. The van der Waals surface area contributed by atoms with Crippen LogP contribution in [0, 0.1) is 0 Å². The number of hydrogen-bond acceptors (Lipinski definition) is 7. The molecule has 0 atom stereocenters. The van der Waals surface area contributed by atoms with Gasteiger partial charge in [-0.05, 0) is 52.2 Å². The Labute approximate surface area is 242 Å². The van der Waals surface area contributed by atoms with Crippen LogP contribution in [0.3, 0.4) is 0 Å². The summed E-state index contributed by atoms with van der Waals surface area (Å²) in [6, 6.07) is 3.33. The fourth-order valence-electron chi connectivity index (χ4n) is 4.84. The van der Waals surface area contributed by atoms with Crippen LogP contribution >= 0.6 is 0 Å². The van der Waals surface area contributed by atoms with E-state index in [2.05, 4.69) is 12.7 Å². The fraction of sp³-hybridized carbons (Fsp3) is 0.382. The smallest absolute Gasteiger partial charge is 0.239 e. The Morgan fingerprint density at radius 2 is 1.44 bits per heavy atom. The minimum absolute atomic E-state index is 0.0272. The highest BCUT2D eigenvalue weighted by molar-refractivity contribution is 5.92. The summed E-state index contributed by atoms with van der Waals surface area (Å²) in [4.78, 5) is 14.1. The van der Waals surface area contributed by atoms with Gasteiger partial charge in [-0.1, -0.05) is 43.2 Å². The molecule has 0 aliphatic heterocycles. The van der Waals surface area contributed by atoms with E-state index in [-0.39, 0.29) is 28.2 Å². The normalized spacial score (nSPS) is 11.2. The first-order chi connectivity index (χ1) is 19.4. The summed E-state index contributed by atoms with van der Waals surface area (Å²) in [5.41, 5.74) is 4.19. The minimum atomic E-state index is -0.575. The van der Waals surface area contributed by atoms with Crippen LogP contribution in [-0.2, 0) is 18.3 Å². The van der Waals surface area contributed by atoms with Gasteiger partial charge in [-0.25, -0.2) is 0 Å². The van der Waals surface area contributed by atoms with Gasteiger partial charge in [-0.3, -0.25) is 4.79 Å². The Bertz CT molecular complexity index is 1580. The van der Waals surface area contributed by atoms with Gasteiger partial charge >= 0.3 is 0 Å². The molecule has 2 aromatic carbocycles. The van der Waals surface area contributed by atoms with Crippen LogP contribution < -0.4 is 24.4 Å². The molecule has 3 rings (SSSR count). The molecular weight excluding hydrogens is 520 g/mol. The average molecular weight is 563 g/mol. The van der Waals surface area contributed by atoms with Crippen molar-refractivity contribution in [3.05, 3.63) is 75.0 Å². The van der Waals surface area contributed by atoms with Crippen LogP contribution in [0.2, 0.25) is 0 Å². The van der Waals surface area contributed by atoms with Crippen LogP contribution in [0.1, 0.15) is 58.2 Å². The van der Waals surface area contributed by atoms with E-state index in [0.29, 0.717) is 41.2 Å². The Balaban J connectivity index is 2.70. The molecular formula is C34H42O7. The molecule has 0 saturated heterocycles. The highest BCUT2D eigenvalue weighted by Gasteiger charge is 2.33. The van der Waals surface area contributed by atoms with E-state index in [1.165, 1.54) is 20.3 Å². The van der Waals surface area contributed by atoms with Gasteiger partial charge in [0.1, 0.15) is 22.5 Å². The lowest BCUT2D eigenvalue weighted by molar-refractivity contribution is 0.351. The fourth-order valence-corrected chi connectivity index (χ4v) is 4.84.